The minimum absolute atomic E-state index is 0.000652. The Morgan fingerprint density at radius 2 is 1.95 bits per heavy atom. The van der Waals surface area contributed by atoms with Crippen LogP contribution in [0.15, 0.2) is 42.5 Å². The molecule has 2 bridgehead atoms. The monoisotopic (exact) mass is 750 g/mol. The van der Waals surface area contributed by atoms with Gasteiger partial charge in [-0.25, -0.2) is 18.6 Å². The molecule has 4 aromatic rings. The maximum absolute atomic E-state index is 17.4. The van der Waals surface area contributed by atoms with Crippen molar-refractivity contribution < 1.29 is 32.5 Å². The first-order valence-electron chi connectivity index (χ1n) is 18.9. The molecule has 6 atom stereocenters. The summed E-state index contributed by atoms with van der Waals surface area (Å²) in [4.78, 5) is 34.6. The molecule has 0 radical (unpaired) electrons. The Kier molecular flexibility index (Phi) is 8.26. The van der Waals surface area contributed by atoms with Crippen LogP contribution in [-0.2, 0) is 9.47 Å². The van der Waals surface area contributed by atoms with E-state index in [0.717, 1.165) is 44.3 Å². The lowest BCUT2D eigenvalue weighted by atomic mass is 9.93. The van der Waals surface area contributed by atoms with Gasteiger partial charge in [-0.15, -0.1) is 6.42 Å². The third-order valence-electron chi connectivity index (χ3n) is 12.0. The summed E-state index contributed by atoms with van der Waals surface area (Å²) in [5, 5.41) is 1.28. The van der Waals surface area contributed by atoms with Crippen LogP contribution >= 0.6 is 0 Å². The van der Waals surface area contributed by atoms with Crippen LogP contribution in [0.25, 0.3) is 32.9 Å². The molecular weight excluding hydrogens is 706 g/mol. The number of halogens is 2. The molecule has 286 valence electrons. The fraction of sp³-hybridized carbons (Fsp3) is 0.476. The number of carbonyl (C=O) groups excluding carboxylic acids is 1. The Hall–Kier alpha value is -5.06. The number of aromatic nitrogens is 3. The van der Waals surface area contributed by atoms with Gasteiger partial charge in [0.25, 0.3) is 0 Å². The number of hydrogen-bond donors (Lipinski definition) is 0. The molecule has 0 spiro atoms. The molecule has 55 heavy (non-hydrogen) atoms. The number of methoxy groups -OCH3 is 1. The average Bonchev–Trinajstić information content (AvgIpc) is 3.72. The fourth-order valence-electron chi connectivity index (χ4n) is 9.78. The standard InChI is InChI=1S/C42H44F2N6O5/c1-8-27-29(43)14-12-24-10-9-11-28(31(24)27)34-33(44)35-32-37(47-39(46-35)53-21-42-16-22(2)18-48(42)20-26(17-42)52-7)49-19-25-13-15-30(36(49)23(3)54-38(32)45-34)50(25)40(51)55-41(4,5)6/h1,9-12,14,23,25-26,30,36H,2,13,15-21H2,3-7H3/t23-,25+,26+,30-,36+,42?/m0/s1. The summed E-state index contributed by atoms with van der Waals surface area (Å²) in [6.45, 7) is 13.9. The van der Waals surface area contributed by atoms with Crippen molar-refractivity contribution in [1.82, 2.24) is 24.8 Å². The summed E-state index contributed by atoms with van der Waals surface area (Å²) in [5.74, 6) is 1.66. The van der Waals surface area contributed by atoms with Gasteiger partial charge >= 0.3 is 12.1 Å². The van der Waals surface area contributed by atoms with Crippen LogP contribution in [0.5, 0.6) is 11.9 Å². The van der Waals surface area contributed by atoms with Crippen molar-refractivity contribution in [2.75, 3.05) is 38.3 Å². The van der Waals surface area contributed by atoms with Gasteiger partial charge in [0.2, 0.25) is 5.88 Å². The fourth-order valence-corrected chi connectivity index (χ4v) is 9.78. The van der Waals surface area contributed by atoms with Crippen molar-refractivity contribution in [1.29, 1.82) is 0 Å². The number of piperazine rings is 1. The van der Waals surface area contributed by atoms with E-state index in [1.54, 1.807) is 31.4 Å². The van der Waals surface area contributed by atoms with Crippen molar-refractivity contribution in [3.63, 3.8) is 0 Å². The maximum Gasteiger partial charge on any atom is 0.410 e. The number of rotatable bonds is 5. The lowest BCUT2D eigenvalue weighted by molar-refractivity contribution is 0.000936. The Balaban J connectivity index is 1.21. The molecule has 1 unspecified atom stereocenters. The molecule has 0 aliphatic carbocycles. The van der Waals surface area contributed by atoms with Gasteiger partial charge in [0.15, 0.2) is 5.82 Å². The van der Waals surface area contributed by atoms with Crippen LogP contribution in [0.1, 0.15) is 58.9 Å². The zero-order valence-electron chi connectivity index (χ0n) is 31.7. The normalized spacial score (nSPS) is 27.2. The molecular formula is C42H44F2N6O5. The van der Waals surface area contributed by atoms with Gasteiger partial charge in [-0.2, -0.15) is 9.97 Å². The number of hydrogen-bond acceptors (Lipinski definition) is 10. The molecule has 4 fully saturated rings. The Labute approximate surface area is 318 Å². The highest BCUT2D eigenvalue weighted by Gasteiger charge is 2.54. The molecule has 7 heterocycles. The number of benzene rings is 2. The Morgan fingerprint density at radius 1 is 1.13 bits per heavy atom. The molecule has 0 saturated carbocycles. The second kappa shape index (κ2) is 12.7. The highest BCUT2D eigenvalue weighted by atomic mass is 19.1. The number of pyridine rings is 1. The zero-order chi connectivity index (χ0) is 38.6. The minimum Gasteiger partial charge on any atom is -0.472 e. The van der Waals surface area contributed by atoms with Gasteiger partial charge < -0.3 is 23.8 Å². The topological polar surface area (TPSA) is 102 Å². The third kappa shape index (κ3) is 5.67. The number of amides is 1. The van der Waals surface area contributed by atoms with Gasteiger partial charge in [0.1, 0.15) is 46.5 Å². The van der Waals surface area contributed by atoms with Crippen LogP contribution in [0.2, 0.25) is 0 Å². The summed E-state index contributed by atoms with van der Waals surface area (Å²) in [6.07, 6.45) is 7.92. The molecule has 11 nitrogen and oxygen atoms in total. The van der Waals surface area contributed by atoms with E-state index in [4.69, 9.17) is 40.3 Å². The second-order valence-corrected chi connectivity index (χ2v) is 16.6. The minimum atomic E-state index is -0.744. The number of terminal acetylenes is 1. The number of ether oxygens (including phenoxy) is 4. The highest BCUT2D eigenvalue weighted by Crippen LogP contribution is 2.48. The van der Waals surface area contributed by atoms with E-state index < -0.39 is 23.3 Å². The SMILES string of the molecule is C#Cc1c(F)ccc2cccc(-c3nc4c5c(nc(OCC67CC(=C)CN6C[C@H](OC)C7)nc5c3F)N3C[C@H]5CC[C@@H]([C@H]3[C@H](C)O4)N5C(=O)OC(C)(C)C)c12. The van der Waals surface area contributed by atoms with Crippen LogP contribution in [0.4, 0.5) is 19.4 Å². The van der Waals surface area contributed by atoms with E-state index in [9.17, 15) is 4.79 Å². The summed E-state index contributed by atoms with van der Waals surface area (Å²) < 4.78 is 57.5. The Morgan fingerprint density at radius 3 is 2.71 bits per heavy atom. The molecule has 2 aromatic carbocycles. The van der Waals surface area contributed by atoms with Gasteiger partial charge in [-0.1, -0.05) is 42.3 Å². The summed E-state index contributed by atoms with van der Waals surface area (Å²) in [7, 11) is 1.72. The van der Waals surface area contributed by atoms with Crippen molar-refractivity contribution in [2.45, 2.75) is 94.9 Å². The molecule has 5 aliphatic rings. The molecule has 2 aromatic heterocycles. The molecule has 4 saturated heterocycles. The molecule has 9 rings (SSSR count). The van der Waals surface area contributed by atoms with Crippen molar-refractivity contribution in [3.05, 3.63) is 59.7 Å². The molecule has 5 aliphatic heterocycles. The predicted octanol–water partition coefficient (Wildman–Crippen LogP) is 6.64. The Bertz CT molecular complexity index is 2320. The number of nitrogens with zero attached hydrogens (tertiary/aromatic N) is 6. The summed E-state index contributed by atoms with van der Waals surface area (Å²) in [6, 6.07) is 7.27. The van der Waals surface area contributed by atoms with E-state index in [2.05, 4.69) is 22.3 Å². The van der Waals surface area contributed by atoms with Crippen LogP contribution < -0.4 is 14.4 Å². The second-order valence-electron chi connectivity index (χ2n) is 16.6. The van der Waals surface area contributed by atoms with Crippen LogP contribution in [-0.4, -0.2) is 106 Å². The molecule has 13 heteroatoms. The molecule has 1 amide bonds. The van der Waals surface area contributed by atoms with E-state index in [0.29, 0.717) is 34.1 Å². The summed E-state index contributed by atoms with van der Waals surface area (Å²) >= 11 is 0. The number of anilines is 1. The number of fused-ring (bicyclic) bond motifs is 7. The average molecular weight is 751 g/mol. The van der Waals surface area contributed by atoms with Crippen molar-refractivity contribution >= 4 is 33.6 Å². The zero-order valence-corrected chi connectivity index (χ0v) is 31.7. The first kappa shape index (κ1) is 35.6. The quantitative estimate of drug-likeness (QED) is 0.163. The smallest absolute Gasteiger partial charge is 0.410 e. The van der Waals surface area contributed by atoms with E-state index in [-0.39, 0.29) is 71.1 Å². The highest BCUT2D eigenvalue weighted by molar-refractivity contribution is 6.03. The first-order chi connectivity index (χ1) is 26.3. The maximum atomic E-state index is 17.4. The molecule has 0 N–H and O–H groups in total. The van der Waals surface area contributed by atoms with Gasteiger partial charge in [-0.05, 0) is 64.8 Å². The lowest BCUT2D eigenvalue weighted by Crippen LogP contribution is -2.65. The lowest BCUT2D eigenvalue weighted by Gasteiger charge is -2.48. The van der Waals surface area contributed by atoms with Crippen molar-refractivity contribution in [2.24, 2.45) is 0 Å². The van der Waals surface area contributed by atoms with Crippen LogP contribution in [0.3, 0.4) is 0 Å². The predicted molar refractivity (Wildman–Crippen MR) is 203 cm³/mol. The third-order valence-corrected chi connectivity index (χ3v) is 12.0. The van der Waals surface area contributed by atoms with E-state index >= 15 is 8.78 Å². The largest absolute Gasteiger partial charge is 0.472 e. The van der Waals surface area contributed by atoms with E-state index in [1.807, 2.05) is 32.6 Å². The van der Waals surface area contributed by atoms with Crippen molar-refractivity contribution in [3.8, 4) is 35.5 Å². The summed E-state index contributed by atoms with van der Waals surface area (Å²) in [5.41, 5.74) is 0.236. The van der Waals surface area contributed by atoms with E-state index in [1.165, 1.54) is 6.07 Å². The van der Waals surface area contributed by atoms with Crippen LogP contribution in [0, 0.1) is 24.0 Å². The number of carbonyl (C=O) groups is 1. The van der Waals surface area contributed by atoms with Gasteiger partial charge in [0, 0.05) is 37.7 Å². The van der Waals surface area contributed by atoms with Gasteiger partial charge in [0.05, 0.1) is 35.3 Å². The first-order valence-corrected chi connectivity index (χ1v) is 18.9. The van der Waals surface area contributed by atoms with Gasteiger partial charge in [-0.3, -0.25) is 9.80 Å².